The number of aryl methyl sites for hydroxylation is 1. The Labute approximate surface area is 129 Å². The van der Waals surface area contributed by atoms with Crippen LogP contribution in [0.4, 0.5) is 10.5 Å². The molecule has 0 aliphatic carbocycles. The van der Waals surface area contributed by atoms with Gasteiger partial charge in [0, 0.05) is 17.1 Å². The molecule has 2 amide bonds. The number of fused-ring (bicyclic) bond motifs is 1. The van der Waals surface area contributed by atoms with Gasteiger partial charge in [-0.2, -0.15) is 0 Å². The summed E-state index contributed by atoms with van der Waals surface area (Å²) in [6.45, 7) is 4.03. The lowest BCUT2D eigenvalue weighted by atomic mass is 10.0. The summed E-state index contributed by atoms with van der Waals surface area (Å²) >= 11 is 0. The topological polar surface area (TPSA) is 56.9 Å². The van der Waals surface area contributed by atoms with Crippen molar-refractivity contribution in [3.8, 4) is 0 Å². The van der Waals surface area contributed by atoms with Gasteiger partial charge < -0.3 is 15.6 Å². The summed E-state index contributed by atoms with van der Waals surface area (Å²) in [7, 11) is 0. The Kier molecular flexibility index (Phi) is 3.83. The van der Waals surface area contributed by atoms with Crippen molar-refractivity contribution >= 4 is 22.6 Å². The van der Waals surface area contributed by atoms with Gasteiger partial charge in [0.25, 0.3) is 0 Å². The summed E-state index contributed by atoms with van der Waals surface area (Å²) < 4.78 is 0. The zero-order chi connectivity index (χ0) is 15.5. The minimum Gasteiger partial charge on any atom is -0.361 e. The first kappa shape index (κ1) is 14.2. The number of H-pyrrole nitrogens is 1. The number of anilines is 1. The molecule has 1 unspecified atom stereocenters. The standard InChI is InChI=1S/C18H19N3O/c1-12-6-3-4-7-14(12)13(2)20-18(22)21-17-9-5-8-16-15(17)10-11-19-16/h3-11,13,19H,1-2H3,(H2,20,21,22). The van der Waals surface area contributed by atoms with Crippen LogP contribution in [0.15, 0.2) is 54.7 Å². The van der Waals surface area contributed by atoms with Crippen molar-refractivity contribution in [2.24, 2.45) is 0 Å². The highest BCUT2D eigenvalue weighted by molar-refractivity contribution is 6.00. The van der Waals surface area contributed by atoms with E-state index < -0.39 is 0 Å². The van der Waals surface area contributed by atoms with Crippen LogP contribution in [0.1, 0.15) is 24.1 Å². The molecule has 112 valence electrons. The smallest absolute Gasteiger partial charge is 0.319 e. The Balaban J connectivity index is 1.73. The number of aromatic amines is 1. The van der Waals surface area contributed by atoms with Gasteiger partial charge in [0.1, 0.15) is 0 Å². The maximum Gasteiger partial charge on any atom is 0.319 e. The van der Waals surface area contributed by atoms with Gasteiger partial charge in [0.15, 0.2) is 0 Å². The SMILES string of the molecule is Cc1ccccc1C(C)NC(=O)Nc1cccc2[nH]ccc12. The Morgan fingerprint density at radius 1 is 1.09 bits per heavy atom. The molecule has 0 radical (unpaired) electrons. The number of benzene rings is 2. The van der Waals surface area contributed by atoms with Gasteiger partial charge in [-0.15, -0.1) is 0 Å². The van der Waals surface area contributed by atoms with Crippen molar-refractivity contribution in [1.82, 2.24) is 10.3 Å². The van der Waals surface area contributed by atoms with Crippen molar-refractivity contribution in [3.05, 3.63) is 65.9 Å². The second kappa shape index (κ2) is 5.93. The lowest BCUT2D eigenvalue weighted by Gasteiger charge is -2.17. The maximum absolute atomic E-state index is 12.2. The molecular weight excluding hydrogens is 274 g/mol. The number of urea groups is 1. The average Bonchev–Trinajstić information content (AvgIpc) is 2.97. The predicted octanol–water partition coefficient (Wildman–Crippen LogP) is 4.36. The summed E-state index contributed by atoms with van der Waals surface area (Å²) in [6.07, 6.45) is 1.86. The molecule has 0 spiro atoms. The van der Waals surface area contributed by atoms with Crippen LogP contribution in [0.3, 0.4) is 0 Å². The molecule has 4 nitrogen and oxygen atoms in total. The number of rotatable bonds is 3. The first-order valence-electron chi connectivity index (χ1n) is 7.34. The predicted molar refractivity (Wildman–Crippen MR) is 90.0 cm³/mol. The lowest BCUT2D eigenvalue weighted by Crippen LogP contribution is -2.31. The third kappa shape index (κ3) is 2.81. The van der Waals surface area contributed by atoms with Gasteiger partial charge in [-0.1, -0.05) is 30.3 Å². The van der Waals surface area contributed by atoms with Gasteiger partial charge in [-0.25, -0.2) is 4.79 Å². The third-order valence-electron chi connectivity index (χ3n) is 3.85. The number of nitrogens with one attached hydrogen (secondary N) is 3. The number of hydrogen-bond acceptors (Lipinski definition) is 1. The molecule has 0 bridgehead atoms. The van der Waals surface area contributed by atoms with Gasteiger partial charge in [0.05, 0.1) is 11.7 Å². The van der Waals surface area contributed by atoms with Crippen molar-refractivity contribution in [2.75, 3.05) is 5.32 Å². The van der Waals surface area contributed by atoms with Crippen LogP contribution in [0.5, 0.6) is 0 Å². The Hall–Kier alpha value is -2.75. The highest BCUT2D eigenvalue weighted by Crippen LogP contribution is 2.22. The molecule has 3 N–H and O–H groups in total. The monoisotopic (exact) mass is 293 g/mol. The summed E-state index contributed by atoms with van der Waals surface area (Å²) in [5.74, 6) is 0. The van der Waals surface area contributed by atoms with Crippen LogP contribution < -0.4 is 10.6 Å². The normalized spacial score (nSPS) is 12.1. The molecule has 0 aliphatic heterocycles. The first-order valence-corrected chi connectivity index (χ1v) is 7.34. The fourth-order valence-corrected chi connectivity index (χ4v) is 2.70. The van der Waals surface area contributed by atoms with Crippen LogP contribution in [0.2, 0.25) is 0 Å². The lowest BCUT2D eigenvalue weighted by molar-refractivity contribution is 0.249. The zero-order valence-corrected chi connectivity index (χ0v) is 12.7. The van der Waals surface area contributed by atoms with Crippen LogP contribution >= 0.6 is 0 Å². The van der Waals surface area contributed by atoms with Gasteiger partial charge in [-0.05, 0) is 43.2 Å². The molecule has 4 heteroatoms. The van der Waals surface area contributed by atoms with Crippen molar-refractivity contribution in [1.29, 1.82) is 0 Å². The number of carbonyl (C=O) groups excluding carboxylic acids is 1. The maximum atomic E-state index is 12.2. The minimum atomic E-state index is -0.204. The Morgan fingerprint density at radius 2 is 1.91 bits per heavy atom. The van der Waals surface area contributed by atoms with E-state index in [9.17, 15) is 4.79 Å². The molecule has 0 fully saturated rings. The van der Waals surface area contributed by atoms with E-state index in [-0.39, 0.29) is 12.1 Å². The molecule has 1 heterocycles. The average molecular weight is 293 g/mol. The highest BCUT2D eigenvalue weighted by Gasteiger charge is 2.12. The van der Waals surface area contributed by atoms with Crippen LogP contribution in [-0.4, -0.2) is 11.0 Å². The van der Waals surface area contributed by atoms with Crippen LogP contribution in [-0.2, 0) is 0 Å². The highest BCUT2D eigenvalue weighted by atomic mass is 16.2. The van der Waals surface area contributed by atoms with Gasteiger partial charge >= 0.3 is 6.03 Å². The summed E-state index contributed by atoms with van der Waals surface area (Å²) in [6, 6.07) is 15.6. The van der Waals surface area contributed by atoms with E-state index in [0.29, 0.717) is 0 Å². The minimum absolute atomic E-state index is 0.0494. The fraction of sp³-hybridized carbons (Fsp3) is 0.167. The summed E-state index contributed by atoms with van der Waals surface area (Å²) in [5.41, 5.74) is 4.10. The molecule has 1 atom stereocenters. The van der Waals surface area contributed by atoms with Crippen molar-refractivity contribution in [3.63, 3.8) is 0 Å². The van der Waals surface area contributed by atoms with Gasteiger partial charge in [-0.3, -0.25) is 0 Å². The third-order valence-corrected chi connectivity index (χ3v) is 3.85. The van der Waals surface area contributed by atoms with Gasteiger partial charge in [0.2, 0.25) is 0 Å². The van der Waals surface area contributed by atoms with Crippen molar-refractivity contribution < 1.29 is 4.79 Å². The molecule has 0 saturated heterocycles. The van der Waals surface area contributed by atoms with E-state index >= 15 is 0 Å². The second-order valence-electron chi connectivity index (χ2n) is 5.42. The summed E-state index contributed by atoms with van der Waals surface area (Å²) in [4.78, 5) is 15.4. The molecule has 0 saturated carbocycles. The van der Waals surface area contributed by atoms with Crippen LogP contribution in [0, 0.1) is 6.92 Å². The number of aromatic nitrogens is 1. The molecule has 2 aromatic carbocycles. The van der Waals surface area contributed by atoms with E-state index in [1.54, 1.807) is 0 Å². The Morgan fingerprint density at radius 3 is 2.73 bits per heavy atom. The molecule has 3 rings (SSSR count). The first-order chi connectivity index (χ1) is 10.6. The van der Waals surface area contributed by atoms with Crippen molar-refractivity contribution in [2.45, 2.75) is 19.9 Å². The number of carbonyl (C=O) groups is 1. The molecule has 0 aliphatic rings. The van der Waals surface area contributed by atoms with Crippen LogP contribution in [0.25, 0.3) is 10.9 Å². The van der Waals surface area contributed by atoms with E-state index in [4.69, 9.17) is 0 Å². The van der Waals surface area contributed by atoms with E-state index in [1.807, 2.05) is 68.6 Å². The zero-order valence-electron chi connectivity index (χ0n) is 12.7. The number of amides is 2. The van der Waals surface area contributed by atoms with E-state index in [1.165, 1.54) is 5.56 Å². The fourth-order valence-electron chi connectivity index (χ4n) is 2.70. The largest absolute Gasteiger partial charge is 0.361 e. The summed E-state index contributed by atoms with van der Waals surface area (Å²) in [5, 5.41) is 6.90. The molecule has 3 aromatic rings. The number of hydrogen-bond donors (Lipinski definition) is 3. The molecule has 1 aromatic heterocycles. The van der Waals surface area contributed by atoms with E-state index in [2.05, 4.69) is 15.6 Å². The molecular formula is C18H19N3O. The quantitative estimate of drug-likeness (QED) is 0.660. The molecule has 22 heavy (non-hydrogen) atoms. The Bertz CT molecular complexity index is 807. The second-order valence-corrected chi connectivity index (χ2v) is 5.42. The van der Waals surface area contributed by atoms with E-state index in [0.717, 1.165) is 22.2 Å².